The van der Waals surface area contributed by atoms with E-state index in [0.717, 1.165) is 34.5 Å². The lowest BCUT2D eigenvalue weighted by Crippen LogP contribution is -2.24. The van der Waals surface area contributed by atoms with Gasteiger partial charge in [0.25, 0.3) is 0 Å². The molecule has 2 heterocycles. The zero-order valence-corrected chi connectivity index (χ0v) is 12.2. The number of fused-ring (bicyclic) bond motifs is 2. The fourth-order valence-corrected chi connectivity index (χ4v) is 3.30. The second-order valence-corrected chi connectivity index (χ2v) is 6.42. The number of ether oxygens (including phenoxy) is 1. The number of amides is 1. The molecule has 21 heavy (non-hydrogen) atoms. The predicted octanol–water partition coefficient (Wildman–Crippen LogP) is 3.56. The first-order chi connectivity index (χ1) is 10.0. The number of hydrogen-bond acceptors (Lipinski definition) is 2. The monoisotopic (exact) mass is 279 g/mol. The van der Waals surface area contributed by atoms with Crippen molar-refractivity contribution in [2.24, 2.45) is 0 Å². The summed E-state index contributed by atoms with van der Waals surface area (Å²) < 4.78 is 5.93. The number of rotatable bonds is 1. The minimum Gasteiger partial charge on any atom is -0.487 e. The smallest absolute Gasteiger partial charge is 0.228 e. The molecule has 0 atom stereocenters. The lowest BCUT2D eigenvalue weighted by atomic mass is 9.94. The first-order valence-corrected chi connectivity index (χ1v) is 7.26. The van der Waals surface area contributed by atoms with Crippen LogP contribution in [-0.4, -0.2) is 11.5 Å². The van der Waals surface area contributed by atoms with Crippen molar-refractivity contribution < 1.29 is 9.53 Å². The van der Waals surface area contributed by atoms with Crippen LogP contribution >= 0.6 is 0 Å². The highest BCUT2D eigenvalue weighted by Crippen LogP contribution is 2.39. The van der Waals surface area contributed by atoms with Gasteiger partial charge in [0.15, 0.2) is 0 Å². The molecule has 0 aliphatic carbocycles. The van der Waals surface area contributed by atoms with E-state index in [1.165, 1.54) is 5.56 Å². The van der Waals surface area contributed by atoms with Crippen molar-refractivity contribution in [1.82, 2.24) is 0 Å². The van der Waals surface area contributed by atoms with E-state index >= 15 is 0 Å². The van der Waals surface area contributed by atoms with E-state index in [2.05, 4.69) is 37.4 Å². The highest BCUT2D eigenvalue weighted by molar-refractivity contribution is 6.01. The molecule has 3 heteroatoms. The fraction of sp³-hybridized carbons (Fsp3) is 0.278. The number of hydrogen-bond donors (Lipinski definition) is 1. The van der Waals surface area contributed by atoms with E-state index in [1.807, 2.05) is 18.2 Å². The first kappa shape index (κ1) is 12.5. The Hall–Kier alpha value is -2.29. The minimum absolute atomic E-state index is 0.0723. The molecule has 2 aliphatic rings. The molecule has 0 fully saturated rings. The zero-order valence-electron chi connectivity index (χ0n) is 12.2. The number of anilines is 1. The molecule has 2 aromatic rings. The van der Waals surface area contributed by atoms with Gasteiger partial charge in [-0.1, -0.05) is 18.2 Å². The van der Waals surface area contributed by atoms with E-state index in [9.17, 15) is 4.79 Å². The molecular weight excluding hydrogens is 262 g/mol. The van der Waals surface area contributed by atoms with Crippen LogP contribution in [0.4, 0.5) is 5.69 Å². The van der Waals surface area contributed by atoms with Gasteiger partial charge in [-0.25, -0.2) is 0 Å². The van der Waals surface area contributed by atoms with Crippen molar-refractivity contribution in [2.75, 3.05) is 5.32 Å². The van der Waals surface area contributed by atoms with Crippen LogP contribution in [0, 0.1) is 0 Å². The Morgan fingerprint density at radius 2 is 2.05 bits per heavy atom. The maximum Gasteiger partial charge on any atom is 0.228 e. The van der Waals surface area contributed by atoms with Crippen molar-refractivity contribution in [3.8, 4) is 16.9 Å². The van der Waals surface area contributed by atoms with Crippen molar-refractivity contribution in [1.29, 1.82) is 0 Å². The van der Waals surface area contributed by atoms with E-state index in [0.29, 0.717) is 6.42 Å². The third kappa shape index (κ3) is 2.00. The molecule has 106 valence electrons. The number of benzene rings is 2. The average Bonchev–Trinajstić information content (AvgIpc) is 2.93. The molecule has 0 saturated heterocycles. The molecular formula is C18H17NO2. The standard InChI is InChI=1S/C18H17NO2/c1-18(2)10-12-8-11(6-7-16(12)21-18)13-4-3-5-15-14(13)9-17(20)19-15/h3-8H,9-10H2,1-2H3,(H,19,20). The van der Waals surface area contributed by atoms with E-state index in [1.54, 1.807) is 0 Å². The lowest BCUT2D eigenvalue weighted by Gasteiger charge is -2.16. The third-order valence-corrected chi connectivity index (χ3v) is 4.16. The molecule has 2 aliphatic heterocycles. The molecule has 2 aromatic carbocycles. The van der Waals surface area contributed by atoms with Crippen molar-refractivity contribution in [2.45, 2.75) is 32.3 Å². The molecule has 0 spiro atoms. The Morgan fingerprint density at radius 3 is 2.90 bits per heavy atom. The number of carbonyl (C=O) groups is 1. The summed E-state index contributed by atoms with van der Waals surface area (Å²) in [5, 5.41) is 2.91. The summed E-state index contributed by atoms with van der Waals surface area (Å²) in [6.45, 7) is 4.21. The quantitative estimate of drug-likeness (QED) is 0.866. The van der Waals surface area contributed by atoms with Crippen LogP contribution in [0.2, 0.25) is 0 Å². The van der Waals surface area contributed by atoms with Gasteiger partial charge in [-0.05, 0) is 54.3 Å². The van der Waals surface area contributed by atoms with Crippen LogP contribution in [0.3, 0.4) is 0 Å². The van der Waals surface area contributed by atoms with Gasteiger partial charge < -0.3 is 10.1 Å². The molecule has 4 rings (SSSR count). The molecule has 0 radical (unpaired) electrons. The van der Waals surface area contributed by atoms with Crippen LogP contribution in [0.5, 0.6) is 5.75 Å². The Balaban J connectivity index is 1.80. The van der Waals surface area contributed by atoms with Gasteiger partial charge in [-0.2, -0.15) is 0 Å². The molecule has 3 nitrogen and oxygen atoms in total. The van der Waals surface area contributed by atoms with Gasteiger partial charge in [0.05, 0.1) is 6.42 Å². The maximum atomic E-state index is 11.6. The number of carbonyl (C=O) groups excluding carboxylic acids is 1. The van der Waals surface area contributed by atoms with E-state index in [4.69, 9.17) is 4.74 Å². The van der Waals surface area contributed by atoms with Gasteiger partial charge in [-0.15, -0.1) is 0 Å². The Morgan fingerprint density at radius 1 is 1.19 bits per heavy atom. The van der Waals surface area contributed by atoms with Gasteiger partial charge in [0, 0.05) is 12.1 Å². The summed E-state index contributed by atoms with van der Waals surface area (Å²) in [5.74, 6) is 1.05. The summed E-state index contributed by atoms with van der Waals surface area (Å²) >= 11 is 0. The molecule has 0 unspecified atom stereocenters. The maximum absolute atomic E-state index is 11.6. The normalized spacial score (nSPS) is 17.9. The topological polar surface area (TPSA) is 38.3 Å². The van der Waals surface area contributed by atoms with Gasteiger partial charge in [0.2, 0.25) is 5.91 Å². The lowest BCUT2D eigenvalue weighted by molar-refractivity contribution is -0.115. The predicted molar refractivity (Wildman–Crippen MR) is 82.6 cm³/mol. The first-order valence-electron chi connectivity index (χ1n) is 7.26. The zero-order chi connectivity index (χ0) is 14.6. The summed E-state index contributed by atoms with van der Waals surface area (Å²) in [7, 11) is 0. The molecule has 0 saturated carbocycles. The molecule has 1 N–H and O–H groups in total. The fourth-order valence-electron chi connectivity index (χ4n) is 3.30. The Labute approximate surface area is 123 Å². The van der Waals surface area contributed by atoms with Crippen LogP contribution in [-0.2, 0) is 17.6 Å². The summed E-state index contributed by atoms with van der Waals surface area (Å²) in [5.41, 5.74) is 5.45. The second-order valence-electron chi connectivity index (χ2n) is 6.42. The second kappa shape index (κ2) is 4.10. The Bertz CT molecular complexity index is 762. The van der Waals surface area contributed by atoms with Crippen molar-refractivity contribution >= 4 is 11.6 Å². The van der Waals surface area contributed by atoms with Crippen LogP contribution in [0.25, 0.3) is 11.1 Å². The van der Waals surface area contributed by atoms with Crippen LogP contribution in [0.15, 0.2) is 36.4 Å². The van der Waals surface area contributed by atoms with Gasteiger partial charge in [0.1, 0.15) is 11.4 Å². The van der Waals surface area contributed by atoms with Gasteiger partial charge >= 0.3 is 0 Å². The van der Waals surface area contributed by atoms with Crippen molar-refractivity contribution in [3.05, 3.63) is 47.5 Å². The van der Waals surface area contributed by atoms with Crippen LogP contribution < -0.4 is 10.1 Å². The van der Waals surface area contributed by atoms with Crippen LogP contribution in [0.1, 0.15) is 25.0 Å². The molecule has 0 bridgehead atoms. The van der Waals surface area contributed by atoms with E-state index < -0.39 is 0 Å². The van der Waals surface area contributed by atoms with Gasteiger partial charge in [-0.3, -0.25) is 4.79 Å². The third-order valence-electron chi connectivity index (χ3n) is 4.16. The number of nitrogens with one attached hydrogen (secondary N) is 1. The molecule has 0 aromatic heterocycles. The highest BCUT2D eigenvalue weighted by atomic mass is 16.5. The summed E-state index contributed by atoms with van der Waals surface area (Å²) in [6.07, 6.45) is 1.38. The van der Waals surface area contributed by atoms with Crippen molar-refractivity contribution in [3.63, 3.8) is 0 Å². The highest BCUT2D eigenvalue weighted by Gasteiger charge is 2.30. The summed E-state index contributed by atoms with van der Waals surface area (Å²) in [4.78, 5) is 11.6. The molecule has 1 amide bonds. The largest absolute Gasteiger partial charge is 0.487 e. The van der Waals surface area contributed by atoms with E-state index in [-0.39, 0.29) is 11.5 Å². The summed E-state index contributed by atoms with van der Waals surface area (Å²) in [6, 6.07) is 12.4. The minimum atomic E-state index is -0.128. The Kier molecular flexibility index (Phi) is 2.43. The average molecular weight is 279 g/mol. The SMILES string of the molecule is CC1(C)Cc2cc(-c3cccc4c3CC(=O)N4)ccc2O1.